The van der Waals surface area contributed by atoms with Crippen LogP contribution in [-0.2, 0) is 5.54 Å². The van der Waals surface area contributed by atoms with Gasteiger partial charge in [0.15, 0.2) is 5.58 Å². The van der Waals surface area contributed by atoms with Gasteiger partial charge in [0, 0.05) is 6.07 Å². The molecular formula is C14H16ClFN2O. The minimum absolute atomic E-state index is 0.0516. The Balaban J connectivity index is 2.01. The van der Waals surface area contributed by atoms with Crippen LogP contribution in [0.15, 0.2) is 16.5 Å². The van der Waals surface area contributed by atoms with Crippen LogP contribution in [0.2, 0.25) is 5.02 Å². The maximum absolute atomic E-state index is 13.4. The SMILES string of the molecule is CC1CCC(N)(c2nc3cc(Cl)c(F)cc3o2)CC1. The van der Waals surface area contributed by atoms with E-state index in [0.29, 0.717) is 22.9 Å². The summed E-state index contributed by atoms with van der Waals surface area (Å²) in [5, 5.41) is 0.0516. The Morgan fingerprint density at radius 2 is 2.11 bits per heavy atom. The molecule has 0 radical (unpaired) electrons. The van der Waals surface area contributed by atoms with Gasteiger partial charge >= 0.3 is 0 Å². The summed E-state index contributed by atoms with van der Waals surface area (Å²) in [6.45, 7) is 2.22. The lowest BCUT2D eigenvalue weighted by molar-refractivity contribution is 0.209. The van der Waals surface area contributed by atoms with E-state index in [1.807, 2.05) is 0 Å². The Labute approximate surface area is 115 Å². The fourth-order valence-electron chi connectivity index (χ4n) is 2.63. The lowest BCUT2D eigenvalue weighted by atomic mass is 9.78. The zero-order chi connectivity index (χ0) is 13.6. The second-order valence-corrected chi connectivity index (χ2v) is 6.00. The molecule has 0 bridgehead atoms. The maximum atomic E-state index is 13.4. The zero-order valence-corrected chi connectivity index (χ0v) is 11.5. The molecule has 2 N–H and O–H groups in total. The molecule has 1 aliphatic rings. The predicted molar refractivity (Wildman–Crippen MR) is 72.5 cm³/mol. The monoisotopic (exact) mass is 282 g/mol. The van der Waals surface area contributed by atoms with Gasteiger partial charge in [-0.1, -0.05) is 18.5 Å². The molecule has 1 aromatic heterocycles. The van der Waals surface area contributed by atoms with Crippen LogP contribution in [0, 0.1) is 11.7 Å². The number of fused-ring (bicyclic) bond motifs is 1. The molecule has 0 amide bonds. The van der Waals surface area contributed by atoms with Crippen molar-refractivity contribution in [3.8, 4) is 0 Å². The normalized spacial score (nSPS) is 27.9. The van der Waals surface area contributed by atoms with Crippen LogP contribution in [0.5, 0.6) is 0 Å². The number of benzene rings is 1. The highest BCUT2D eigenvalue weighted by Crippen LogP contribution is 2.38. The van der Waals surface area contributed by atoms with E-state index in [0.717, 1.165) is 25.7 Å². The quantitative estimate of drug-likeness (QED) is 0.860. The van der Waals surface area contributed by atoms with Crippen molar-refractivity contribution in [2.45, 2.75) is 38.1 Å². The Bertz CT molecular complexity index is 578. The van der Waals surface area contributed by atoms with Gasteiger partial charge in [0.25, 0.3) is 0 Å². The molecule has 102 valence electrons. The first-order valence-corrected chi connectivity index (χ1v) is 6.91. The van der Waals surface area contributed by atoms with Gasteiger partial charge in [-0.05, 0) is 37.7 Å². The van der Waals surface area contributed by atoms with E-state index in [1.165, 1.54) is 12.1 Å². The molecule has 1 saturated carbocycles. The average molecular weight is 283 g/mol. The third kappa shape index (κ3) is 2.23. The zero-order valence-electron chi connectivity index (χ0n) is 10.7. The molecule has 5 heteroatoms. The van der Waals surface area contributed by atoms with Gasteiger partial charge in [0.2, 0.25) is 5.89 Å². The highest BCUT2D eigenvalue weighted by molar-refractivity contribution is 6.31. The second-order valence-electron chi connectivity index (χ2n) is 5.59. The molecule has 0 atom stereocenters. The summed E-state index contributed by atoms with van der Waals surface area (Å²) in [6.07, 6.45) is 3.81. The Kier molecular flexibility index (Phi) is 3.02. The van der Waals surface area contributed by atoms with Gasteiger partial charge in [-0.3, -0.25) is 0 Å². The first-order chi connectivity index (χ1) is 8.98. The van der Waals surface area contributed by atoms with Crippen LogP contribution in [-0.4, -0.2) is 4.98 Å². The maximum Gasteiger partial charge on any atom is 0.215 e. The first kappa shape index (κ1) is 12.9. The average Bonchev–Trinajstić information content (AvgIpc) is 2.77. The highest BCUT2D eigenvalue weighted by Gasteiger charge is 2.36. The molecule has 0 saturated heterocycles. The van der Waals surface area contributed by atoms with E-state index in [1.54, 1.807) is 0 Å². The van der Waals surface area contributed by atoms with Crippen molar-refractivity contribution in [3.05, 3.63) is 28.9 Å². The molecule has 0 aliphatic heterocycles. The van der Waals surface area contributed by atoms with Crippen molar-refractivity contribution in [1.82, 2.24) is 4.98 Å². The van der Waals surface area contributed by atoms with Gasteiger partial charge in [0.05, 0.1) is 10.6 Å². The molecule has 0 unspecified atom stereocenters. The third-order valence-electron chi connectivity index (χ3n) is 4.02. The van der Waals surface area contributed by atoms with Crippen LogP contribution in [0.3, 0.4) is 0 Å². The minimum Gasteiger partial charge on any atom is -0.439 e. The number of rotatable bonds is 1. The fourth-order valence-corrected chi connectivity index (χ4v) is 2.79. The van der Waals surface area contributed by atoms with Crippen molar-refractivity contribution in [1.29, 1.82) is 0 Å². The number of halogens is 2. The predicted octanol–water partition coefficient (Wildman–Crippen LogP) is 3.98. The number of aromatic nitrogens is 1. The number of nitrogens with zero attached hydrogens (tertiary/aromatic N) is 1. The smallest absolute Gasteiger partial charge is 0.215 e. The first-order valence-electron chi connectivity index (χ1n) is 6.53. The van der Waals surface area contributed by atoms with E-state index in [9.17, 15) is 4.39 Å². The van der Waals surface area contributed by atoms with E-state index in [4.69, 9.17) is 21.8 Å². The summed E-state index contributed by atoms with van der Waals surface area (Å²) in [5.74, 6) is 0.684. The van der Waals surface area contributed by atoms with Crippen LogP contribution in [0.4, 0.5) is 4.39 Å². The highest BCUT2D eigenvalue weighted by atomic mass is 35.5. The minimum atomic E-state index is -0.533. The molecule has 3 nitrogen and oxygen atoms in total. The van der Waals surface area contributed by atoms with E-state index >= 15 is 0 Å². The summed E-state index contributed by atoms with van der Waals surface area (Å²) in [5.41, 5.74) is 6.83. The van der Waals surface area contributed by atoms with Crippen LogP contribution in [0.25, 0.3) is 11.1 Å². The summed E-state index contributed by atoms with van der Waals surface area (Å²) >= 11 is 5.75. The summed E-state index contributed by atoms with van der Waals surface area (Å²) in [7, 11) is 0. The van der Waals surface area contributed by atoms with Crippen molar-refractivity contribution < 1.29 is 8.81 Å². The summed E-state index contributed by atoms with van der Waals surface area (Å²) < 4.78 is 19.0. The number of oxazole rings is 1. The molecule has 1 aromatic carbocycles. The molecule has 3 rings (SSSR count). The molecule has 1 aliphatic carbocycles. The van der Waals surface area contributed by atoms with E-state index in [2.05, 4.69) is 11.9 Å². The Morgan fingerprint density at radius 3 is 2.79 bits per heavy atom. The van der Waals surface area contributed by atoms with E-state index < -0.39 is 11.4 Å². The van der Waals surface area contributed by atoms with Gasteiger partial charge in [-0.2, -0.15) is 0 Å². The van der Waals surface area contributed by atoms with E-state index in [-0.39, 0.29) is 5.02 Å². The molecule has 2 aromatic rings. The van der Waals surface area contributed by atoms with Crippen molar-refractivity contribution in [2.75, 3.05) is 0 Å². The number of nitrogens with two attached hydrogens (primary N) is 1. The Hall–Kier alpha value is -1.13. The topological polar surface area (TPSA) is 52.0 Å². The Morgan fingerprint density at radius 1 is 1.42 bits per heavy atom. The lowest BCUT2D eigenvalue weighted by Gasteiger charge is -2.33. The molecule has 19 heavy (non-hydrogen) atoms. The van der Waals surface area contributed by atoms with Crippen LogP contribution < -0.4 is 5.73 Å². The van der Waals surface area contributed by atoms with Gasteiger partial charge in [0.1, 0.15) is 11.3 Å². The molecule has 1 fully saturated rings. The molecule has 0 spiro atoms. The summed E-state index contributed by atoms with van der Waals surface area (Å²) in [4.78, 5) is 4.39. The lowest BCUT2D eigenvalue weighted by Crippen LogP contribution is -2.40. The van der Waals surface area contributed by atoms with Crippen LogP contribution >= 0.6 is 11.6 Å². The standard InChI is InChI=1S/C14H16ClFN2O/c1-8-2-4-14(17,5-3-8)13-18-11-6-9(15)10(16)7-12(11)19-13/h6-8H,2-5,17H2,1H3. The van der Waals surface area contributed by atoms with Crippen molar-refractivity contribution >= 4 is 22.7 Å². The summed E-state index contributed by atoms with van der Waals surface area (Å²) in [6, 6.07) is 2.75. The fraction of sp³-hybridized carbons (Fsp3) is 0.500. The van der Waals surface area contributed by atoms with Crippen molar-refractivity contribution in [2.24, 2.45) is 11.7 Å². The second kappa shape index (κ2) is 4.46. The molecule has 1 heterocycles. The van der Waals surface area contributed by atoms with Gasteiger partial charge in [-0.25, -0.2) is 9.37 Å². The number of hydrogen-bond acceptors (Lipinski definition) is 3. The number of hydrogen-bond donors (Lipinski definition) is 1. The largest absolute Gasteiger partial charge is 0.439 e. The van der Waals surface area contributed by atoms with Crippen molar-refractivity contribution in [3.63, 3.8) is 0 Å². The van der Waals surface area contributed by atoms with Gasteiger partial charge in [-0.15, -0.1) is 0 Å². The molecular weight excluding hydrogens is 267 g/mol. The van der Waals surface area contributed by atoms with Crippen LogP contribution in [0.1, 0.15) is 38.5 Å². The van der Waals surface area contributed by atoms with Gasteiger partial charge < -0.3 is 10.2 Å². The third-order valence-corrected chi connectivity index (χ3v) is 4.31.